The van der Waals surface area contributed by atoms with Crippen LogP contribution in [0.3, 0.4) is 0 Å². The molecule has 0 radical (unpaired) electrons. The van der Waals surface area contributed by atoms with Crippen LogP contribution < -0.4 is 20.0 Å². The fourth-order valence-corrected chi connectivity index (χ4v) is 2.12. The summed E-state index contributed by atoms with van der Waals surface area (Å²) in [6.07, 6.45) is 1.85. The van der Waals surface area contributed by atoms with Crippen molar-refractivity contribution in [3.8, 4) is 11.5 Å². The fraction of sp³-hybridized carbons (Fsp3) is 0.500. The van der Waals surface area contributed by atoms with Gasteiger partial charge in [-0.05, 0) is 37.1 Å². The van der Waals surface area contributed by atoms with Crippen LogP contribution in [0.4, 0.5) is 0 Å². The number of amides is 1. The van der Waals surface area contributed by atoms with E-state index in [4.69, 9.17) is 9.47 Å². The first-order chi connectivity index (χ1) is 9.62. The summed E-state index contributed by atoms with van der Waals surface area (Å²) in [5, 5.41) is 6.09. The summed E-state index contributed by atoms with van der Waals surface area (Å²) in [5.41, 5.74) is 1.02. The molecule has 0 spiro atoms. The van der Waals surface area contributed by atoms with Crippen LogP contribution in [0.25, 0.3) is 0 Å². The Hall–Kier alpha value is -1.69. The maximum Gasteiger partial charge on any atom is 0.217 e. The van der Waals surface area contributed by atoms with Crippen molar-refractivity contribution >= 4 is 13.9 Å². The lowest BCUT2D eigenvalue weighted by Gasteiger charge is -2.20. The third-order valence-corrected chi connectivity index (χ3v) is 3.11. The molecule has 0 heterocycles. The van der Waals surface area contributed by atoms with E-state index in [1.165, 1.54) is 6.92 Å². The van der Waals surface area contributed by atoms with E-state index >= 15 is 0 Å². The monoisotopic (exact) mass is 278 g/mol. The van der Waals surface area contributed by atoms with E-state index in [1.54, 1.807) is 14.2 Å². The Morgan fingerprint density at radius 3 is 2.55 bits per heavy atom. The van der Waals surface area contributed by atoms with Gasteiger partial charge < -0.3 is 20.0 Å². The molecular weight excluding hydrogens is 255 g/mol. The van der Waals surface area contributed by atoms with Gasteiger partial charge in [-0.15, -0.1) is 0 Å². The molecule has 1 amide bonds. The molecule has 1 aromatic rings. The van der Waals surface area contributed by atoms with Crippen LogP contribution in [0.2, 0.25) is 0 Å². The van der Waals surface area contributed by atoms with Crippen molar-refractivity contribution in [2.45, 2.75) is 25.8 Å². The molecule has 0 aliphatic rings. The molecule has 1 aromatic carbocycles. The van der Waals surface area contributed by atoms with E-state index in [0.717, 1.165) is 24.9 Å². The lowest BCUT2D eigenvalue weighted by atomic mass is 10.0. The molecule has 0 unspecified atom stereocenters. The number of carbonyl (C=O) groups excluding carboxylic acids is 1. The molecule has 5 nitrogen and oxygen atoms in total. The second-order valence-electron chi connectivity index (χ2n) is 4.61. The molecule has 6 heteroatoms. The topological polar surface area (TPSA) is 59.6 Å². The third kappa shape index (κ3) is 4.77. The Kier molecular flexibility index (Phi) is 6.94. The summed E-state index contributed by atoms with van der Waals surface area (Å²) in [6.45, 7) is 2.45. The highest BCUT2D eigenvalue weighted by atomic mass is 16.5. The van der Waals surface area contributed by atoms with Crippen LogP contribution >= 0.6 is 0 Å². The lowest BCUT2D eigenvalue weighted by Crippen LogP contribution is -2.27. The Labute approximate surface area is 121 Å². The van der Waals surface area contributed by atoms with E-state index in [2.05, 4.69) is 10.5 Å². The van der Waals surface area contributed by atoms with Crippen molar-refractivity contribution in [1.29, 1.82) is 0 Å². The Bertz CT molecular complexity index is 440. The maximum atomic E-state index is 11.4. The van der Waals surface area contributed by atoms with E-state index < -0.39 is 0 Å². The molecule has 0 aliphatic heterocycles. The van der Waals surface area contributed by atoms with E-state index in [0.29, 0.717) is 11.5 Å². The molecule has 0 bridgehead atoms. The van der Waals surface area contributed by atoms with Crippen molar-refractivity contribution in [2.75, 3.05) is 20.8 Å². The van der Waals surface area contributed by atoms with Crippen molar-refractivity contribution in [3.05, 3.63) is 23.8 Å². The summed E-state index contributed by atoms with van der Waals surface area (Å²) in [6, 6.07) is 5.72. The minimum Gasteiger partial charge on any atom is -0.493 e. The van der Waals surface area contributed by atoms with Crippen molar-refractivity contribution in [2.24, 2.45) is 0 Å². The highest BCUT2D eigenvalue weighted by molar-refractivity contribution is 6.04. The van der Waals surface area contributed by atoms with Gasteiger partial charge >= 0.3 is 0 Å². The SMILES string of the molecule is BNCCC[C@@H](NC(C)=O)c1ccc(OC)c(OC)c1. The summed E-state index contributed by atoms with van der Waals surface area (Å²) >= 11 is 0. The minimum absolute atomic E-state index is 0.0133. The van der Waals surface area contributed by atoms with Crippen LogP contribution in [0.5, 0.6) is 11.5 Å². The molecule has 0 aliphatic carbocycles. The summed E-state index contributed by atoms with van der Waals surface area (Å²) in [5.74, 6) is 1.33. The zero-order valence-corrected chi connectivity index (χ0v) is 12.7. The van der Waals surface area contributed by atoms with Gasteiger partial charge in [0.25, 0.3) is 0 Å². The normalized spacial score (nSPS) is 11.8. The zero-order valence-electron chi connectivity index (χ0n) is 12.7. The van der Waals surface area contributed by atoms with Gasteiger partial charge in [-0.25, -0.2) is 0 Å². The fourth-order valence-electron chi connectivity index (χ4n) is 2.12. The van der Waals surface area contributed by atoms with Crippen LogP contribution in [0, 0.1) is 0 Å². The number of hydrogen-bond acceptors (Lipinski definition) is 4. The number of methoxy groups -OCH3 is 2. The maximum absolute atomic E-state index is 11.4. The number of benzene rings is 1. The zero-order chi connectivity index (χ0) is 15.0. The Morgan fingerprint density at radius 2 is 2.00 bits per heavy atom. The largest absolute Gasteiger partial charge is 0.493 e. The molecule has 0 fully saturated rings. The predicted molar refractivity (Wildman–Crippen MR) is 81.9 cm³/mol. The van der Waals surface area contributed by atoms with Gasteiger partial charge in [0, 0.05) is 6.92 Å². The van der Waals surface area contributed by atoms with E-state index in [1.807, 2.05) is 26.2 Å². The van der Waals surface area contributed by atoms with Crippen LogP contribution in [-0.2, 0) is 4.79 Å². The Morgan fingerprint density at radius 1 is 1.30 bits per heavy atom. The van der Waals surface area contributed by atoms with E-state index in [-0.39, 0.29) is 11.9 Å². The number of hydrogen-bond donors (Lipinski definition) is 2. The van der Waals surface area contributed by atoms with Crippen molar-refractivity contribution in [3.63, 3.8) is 0 Å². The number of rotatable bonds is 8. The molecular formula is C14H23BN2O3. The highest BCUT2D eigenvalue weighted by Gasteiger charge is 2.15. The molecule has 20 heavy (non-hydrogen) atoms. The first-order valence-corrected chi connectivity index (χ1v) is 6.76. The second kappa shape index (κ2) is 8.48. The van der Waals surface area contributed by atoms with Gasteiger partial charge in [0.2, 0.25) is 5.91 Å². The van der Waals surface area contributed by atoms with Crippen molar-refractivity contribution in [1.82, 2.24) is 10.5 Å². The van der Waals surface area contributed by atoms with Gasteiger partial charge in [-0.1, -0.05) is 6.07 Å². The average Bonchev–Trinajstić information content (AvgIpc) is 2.45. The first kappa shape index (κ1) is 16.4. The molecule has 110 valence electrons. The van der Waals surface area contributed by atoms with Gasteiger partial charge in [0.15, 0.2) is 19.5 Å². The van der Waals surface area contributed by atoms with Gasteiger partial charge in [-0.3, -0.25) is 4.79 Å². The first-order valence-electron chi connectivity index (χ1n) is 6.76. The smallest absolute Gasteiger partial charge is 0.217 e. The third-order valence-electron chi connectivity index (χ3n) is 3.11. The second-order valence-corrected chi connectivity index (χ2v) is 4.61. The number of nitrogens with one attached hydrogen (secondary N) is 2. The van der Waals surface area contributed by atoms with Crippen LogP contribution in [-0.4, -0.2) is 34.7 Å². The standard InChI is InChI=1S/C14H23BN2O3/c1-10(18)17-12(5-4-8-16-15)11-6-7-13(19-2)14(9-11)20-3/h6-7,9,12,16H,4-5,8,15H2,1-3H3,(H,17,18)/t12-/m1/s1. The molecule has 1 atom stereocenters. The number of ether oxygens (including phenoxy) is 2. The summed E-state index contributed by atoms with van der Waals surface area (Å²) in [4.78, 5) is 11.4. The van der Waals surface area contributed by atoms with Crippen LogP contribution in [0.15, 0.2) is 18.2 Å². The minimum atomic E-state index is -0.0331. The highest BCUT2D eigenvalue weighted by Crippen LogP contribution is 2.31. The van der Waals surface area contributed by atoms with Gasteiger partial charge in [0.1, 0.15) is 0 Å². The molecule has 0 saturated heterocycles. The van der Waals surface area contributed by atoms with Gasteiger partial charge in [-0.2, -0.15) is 0 Å². The van der Waals surface area contributed by atoms with Crippen LogP contribution in [0.1, 0.15) is 31.4 Å². The molecule has 2 N–H and O–H groups in total. The average molecular weight is 278 g/mol. The quantitative estimate of drug-likeness (QED) is 0.545. The van der Waals surface area contributed by atoms with Crippen molar-refractivity contribution < 1.29 is 14.3 Å². The summed E-state index contributed by atoms with van der Waals surface area (Å²) in [7, 11) is 5.13. The summed E-state index contributed by atoms with van der Waals surface area (Å²) < 4.78 is 10.5. The Balaban J connectivity index is 2.91. The lowest BCUT2D eigenvalue weighted by molar-refractivity contribution is -0.119. The van der Waals surface area contributed by atoms with E-state index in [9.17, 15) is 4.79 Å². The molecule has 1 rings (SSSR count). The number of carbonyl (C=O) groups is 1. The molecule has 0 aromatic heterocycles. The predicted octanol–water partition coefficient (Wildman–Crippen LogP) is 0.799. The molecule has 0 saturated carbocycles. The van der Waals surface area contributed by atoms with Gasteiger partial charge in [0.05, 0.1) is 20.3 Å².